The van der Waals surface area contributed by atoms with Gasteiger partial charge in [0.05, 0.1) is 17.4 Å². The summed E-state index contributed by atoms with van der Waals surface area (Å²) in [5.41, 5.74) is 0.772. The van der Waals surface area contributed by atoms with E-state index in [1.54, 1.807) is 18.2 Å². The molecule has 2 N–H and O–H groups in total. The molecule has 2 aromatic rings. The van der Waals surface area contributed by atoms with Crippen molar-refractivity contribution in [1.29, 1.82) is 0 Å². The van der Waals surface area contributed by atoms with E-state index in [0.717, 1.165) is 11.4 Å². The van der Waals surface area contributed by atoms with Crippen LogP contribution in [-0.4, -0.2) is 65.8 Å². The number of aromatic nitrogens is 3. The number of amides is 1. The number of piperidine rings is 1. The van der Waals surface area contributed by atoms with E-state index in [9.17, 15) is 13.2 Å². The summed E-state index contributed by atoms with van der Waals surface area (Å²) in [6.07, 6.45) is 1.33. The summed E-state index contributed by atoms with van der Waals surface area (Å²) in [6.45, 7) is 7.14. The minimum Gasteiger partial charge on any atom is -0.494 e. The Kier molecular flexibility index (Phi) is 7.95. The van der Waals surface area contributed by atoms with Crippen LogP contribution in [0.15, 0.2) is 28.3 Å². The topological polar surface area (TPSA) is 117 Å². The molecule has 0 radical (unpaired) electrons. The highest BCUT2D eigenvalue weighted by atomic mass is 32.2. The molecule has 11 heteroatoms. The summed E-state index contributed by atoms with van der Waals surface area (Å²) in [7, 11) is -3.67. The van der Waals surface area contributed by atoms with Crippen LogP contribution in [0, 0.1) is 19.8 Å². The summed E-state index contributed by atoms with van der Waals surface area (Å²) in [4.78, 5) is 17.0. The highest BCUT2D eigenvalue weighted by Gasteiger charge is 2.33. The maximum absolute atomic E-state index is 13.1. The first-order valence-corrected chi connectivity index (χ1v) is 12.8. The molecule has 31 heavy (non-hydrogen) atoms. The molecule has 1 fully saturated rings. The van der Waals surface area contributed by atoms with Gasteiger partial charge in [0.15, 0.2) is 0 Å². The van der Waals surface area contributed by atoms with E-state index in [4.69, 9.17) is 4.74 Å². The number of nitrogens with one attached hydrogen (secondary N) is 2. The largest absolute Gasteiger partial charge is 0.494 e. The summed E-state index contributed by atoms with van der Waals surface area (Å²) in [6, 6.07) is 4.89. The van der Waals surface area contributed by atoms with Crippen LogP contribution in [0.1, 0.15) is 31.2 Å². The van der Waals surface area contributed by atoms with Crippen molar-refractivity contribution in [2.24, 2.45) is 5.92 Å². The highest BCUT2D eigenvalue weighted by Crippen LogP contribution is 2.27. The number of hydrogen-bond acceptors (Lipinski definition) is 7. The smallest absolute Gasteiger partial charge is 0.243 e. The molecule has 0 aliphatic carbocycles. The lowest BCUT2D eigenvalue weighted by Crippen LogP contribution is -2.45. The van der Waals surface area contributed by atoms with Gasteiger partial charge in [-0.2, -0.15) is 4.31 Å². The van der Waals surface area contributed by atoms with Gasteiger partial charge in [0.25, 0.3) is 0 Å². The van der Waals surface area contributed by atoms with Crippen molar-refractivity contribution in [2.75, 3.05) is 32.0 Å². The van der Waals surface area contributed by atoms with Gasteiger partial charge in [-0.05, 0) is 57.4 Å². The first-order valence-electron chi connectivity index (χ1n) is 10.3. The molecule has 0 bridgehead atoms. The normalized spacial score (nSPS) is 17.5. The van der Waals surface area contributed by atoms with Crippen LogP contribution in [0.3, 0.4) is 0 Å². The van der Waals surface area contributed by atoms with Crippen molar-refractivity contribution in [3.8, 4) is 5.75 Å². The average molecular weight is 468 g/mol. The number of carbonyl (C=O) groups excluding carboxylic acids is 1. The number of nitrogens with zero attached hydrogens (tertiary/aromatic N) is 3. The number of ether oxygens (including phenoxy) is 1. The Hall–Kier alpha value is -2.11. The number of aryl methyl sites for hydroxylation is 2. The Labute approximate surface area is 187 Å². The van der Waals surface area contributed by atoms with Crippen LogP contribution in [-0.2, 0) is 14.8 Å². The van der Waals surface area contributed by atoms with E-state index >= 15 is 0 Å². The molecule has 170 valence electrons. The number of benzene rings is 1. The van der Waals surface area contributed by atoms with Gasteiger partial charge in [0.1, 0.15) is 11.6 Å². The standard InChI is InChI=1S/C20H29N5O4S2/c1-4-29-18-8-7-17(12-14(18)2)31(27,28)25-10-5-6-16(13-25)19(26)21-9-11-30-20-22-15(3)23-24-20/h7-8,12,16H,4-6,9-11,13H2,1-3H3,(H,21,26)(H,22,23,24)/t16-/m0/s1. The Balaban J connectivity index is 1.56. The Morgan fingerprint density at radius 3 is 2.87 bits per heavy atom. The average Bonchev–Trinajstić information content (AvgIpc) is 3.17. The second-order valence-electron chi connectivity index (χ2n) is 7.41. The minimum absolute atomic E-state index is 0.116. The van der Waals surface area contributed by atoms with Crippen molar-refractivity contribution >= 4 is 27.7 Å². The molecule has 2 heterocycles. The van der Waals surface area contributed by atoms with E-state index in [1.807, 2.05) is 20.8 Å². The number of aromatic amines is 1. The van der Waals surface area contributed by atoms with E-state index < -0.39 is 10.0 Å². The van der Waals surface area contributed by atoms with Gasteiger partial charge in [0, 0.05) is 25.4 Å². The Bertz CT molecular complexity index is 1010. The maximum atomic E-state index is 13.1. The first-order chi connectivity index (χ1) is 14.8. The van der Waals surface area contributed by atoms with Crippen LogP contribution >= 0.6 is 11.8 Å². The second kappa shape index (κ2) is 10.5. The number of hydrogen-bond donors (Lipinski definition) is 2. The lowest BCUT2D eigenvalue weighted by Gasteiger charge is -2.31. The number of carbonyl (C=O) groups is 1. The van der Waals surface area contributed by atoms with E-state index in [0.29, 0.717) is 49.2 Å². The lowest BCUT2D eigenvalue weighted by atomic mass is 9.99. The molecule has 0 spiro atoms. The van der Waals surface area contributed by atoms with Gasteiger partial charge in [-0.1, -0.05) is 11.8 Å². The fraction of sp³-hybridized carbons (Fsp3) is 0.550. The molecule has 9 nitrogen and oxygen atoms in total. The van der Waals surface area contributed by atoms with E-state index in [2.05, 4.69) is 20.5 Å². The molecule has 1 aliphatic heterocycles. The summed E-state index contributed by atoms with van der Waals surface area (Å²) >= 11 is 1.45. The van der Waals surface area contributed by atoms with Gasteiger partial charge >= 0.3 is 0 Å². The fourth-order valence-electron chi connectivity index (χ4n) is 3.47. The van der Waals surface area contributed by atoms with Gasteiger partial charge in [-0.25, -0.2) is 13.4 Å². The predicted molar refractivity (Wildman–Crippen MR) is 119 cm³/mol. The van der Waals surface area contributed by atoms with Gasteiger partial charge in [-0.15, -0.1) is 5.10 Å². The third-order valence-corrected chi connectivity index (χ3v) is 7.76. The monoisotopic (exact) mass is 467 g/mol. The third-order valence-electron chi connectivity index (χ3n) is 5.05. The van der Waals surface area contributed by atoms with Gasteiger partial charge in [-0.3, -0.25) is 9.89 Å². The molecule has 1 aromatic heterocycles. The molecule has 1 atom stereocenters. The van der Waals surface area contributed by atoms with Gasteiger partial charge < -0.3 is 10.1 Å². The van der Waals surface area contributed by atoms with Crippen molar-refractivity contribution in [1.82, 2.24) is 24.8 Å². The third kappa shape index (κ3) is 5.98. The second-order valence-corrected chi connectivity index (χ2v) is 10.4. The van der Waals surface area contributed by atoms with Gasteiger partial charge in [0.2, 0.25) is 21.1 Å². The quantitative estimate of drug-likeness (QED) is 0.428. The Morgan fingerprint density at radius 1 is 1.39 bits per heavy atom. The van der Waals surface area contributed by atoms with E-state index in [1.165, 1.54) is 16.1 Å². The molecular formula is C20H29N5O4S2. The van der Waals surface area contributed by atoms with Crippen molar-refractivity contribution < 1.29 is 17.9 Å². The molecule has 1 saturated heterocycles. The zero-order valence-corrected chi connectivity index (χ0v) is 19.7. The molecular weight excluding hydrogens is 438 g/mol. The number of thioether (sulfide) groups is 1. The predicted octanol–water partition coefficient (Wildman–Crippen LogP) is 2.13. The van der Waals surface area contributed by atoms with E-state index in [-0.39, 0.29) is 23.3 Å². The van der Waals surface area contributed by atoms with Crippen LogP contribution in [0.2, 0.25) is 0 Å². The number of H-pyrrole nitrogens is 1. The lowest BCUT2D eigenvalue weighted by molar-refractivity contribution is -0.125. The molecule has 1 aliphatic rings. The van der Waals surface area contributed by atoms with Crippen molar-refractivity contribution in [3.05, 3.63) is 29.6 Å². The van der Waals surface area contributed by atoms with Crippen LogP contribution in [0.4, 0.5) is 0 Å². The molecule has 0 unspecified atom stereocenters. The summed E-state index contributed by atoms with van der Waals surface area (Å²) in [5.74, 6) is 1.59. The van der Waals surface area contributed by atoms with Crippen LogP contribution < -0.4 is 10.1 Å². The number of rotatable bonds is 9. The molecule has 1 amide bonds. The number of sulfonamides is 1. The molecule has 0 saturated carbocycles. The SMILES string of the molecule is CCOc1ccc(S(=O)(=O)N2CCC[C@H](C(=O)NCCSc3n[nH]c(C)n3)C2)cc1C. The zero-order valence-electron chi connectivity index (χ0n) is 18.1. The highest BCUT2D eigenvalue weighted by molar-refractivity contribution is 7.99. The summed E-state index contributed by atoms with van der Waals surface area (Å²) < 4.78 is 33.2. The first kappa shape index (κ1) is 23.6. The fourth-order valence-corrected chi connectivity index (χ4v) is 5.78. The minimum atomic E-state index is -3.67. The molecule has 3 rings (SSSR count). The summed E-state index contributed by atoms with van der Waals surface area (Å²) in [5, 5.41) is 10.4. The van der Waals surface area contributed by atoms with Crippen molar-refractivity contribution in [2.45, 2.75) is 43.7 Å². The van der Waals surface area contributed by atoms with Crippen LogP contribution in [0.5, 0.6) is 5.75 Å². The zero-order chi connectivity index (χ0) is 22.4. The Morgan fingerprint density at radius 2 is 2.19 bits per heavy atom. The molecule has 1 aromatic carbocycles. The van der Waals surface area contributed by atoms with Crippen molar-refractivity contribution in [3.63, 3.8) is 0 Å². The van der Waals surface area contributed by atoms with Crippen LogP contribution in [0.25, 0.3) is 0 Å². The maximum Gasteiger partial charge on any atom is 0.243 e.